The first-order valence-corrected chi connectivity index (χ1v) is 9.25. The normalized spacial score (nSPS) is 15.2. The summed E-state index contributed by atoms with van der Waals surface area (Å²) in [5, 5.41) is 2.92. The molecule has 1 amide bonds. The first-order chi connectivity index (χ1) is 12.8. The molecule has 0 saturated carbocycles. The standard InChI is InChI=1S/C21H26N2O4/c1-6-26-17-8-15-7-11(2)27-18(15)9-16(17)10-22-21(25)20-12(3)19(14(5)24)13(4)23-20/h8-9,11,23H,6-7,10H2,1-5H3,(H,22,25)/t11-/m0/s1. The minimum atomic E-state index is -0.250. The number of carbonyl (C=O) groups is 2. The van der Waals surface area contributed by atoms with Gasteiger partial charge >= 0.3 is 0 Å². The van der Waals surface area contributed by atoms with Crippen molar-refractivity contribution in [1.82, 2.24) is 10.3 Å². The van der Waals surface area contributed by atoms with Crippen LogP contribution in [0.25, 0.3) is 0 Å². The fourth-order valence-electron chi connectivity index (χ4n) is 3.68. The van der Waals surface area contributed by atoms with Gasteiger partial charge in [-0.2, -0.15) is 0 Å². The van der Waals surface area contributed by atoms with Gasteiger partial charge in [0.15, 0.2) is 5.78 Å². The van der Waals surface area contributed by atoms with Crippen molar-refractivity contribution in [1.29, 1.82) is 0 Å². The molecule has 2 heterocycles. The molecule has 0 saturated heterocycles. The van der Waals surface area contributed by atoms with Crippen LogP contribution in [-0.2, 0) is 13.0 Å². The van der Waals surface area contributed by atoms with Crippen LogP contribution in [0.4, 0.5) is 0 Å². The van der Waals surface area contributed by atoms with Crippen LogP contribution in [0.2, 0.25) is 0 Å². The summed E-state index contributed by atoms with van der Waals surface area (Å²) >= 11 is 0. The molecule has 0 spiro atoms. The molecule has 2 N–H and O–H groups in total. The number of aromatic amines is 1. The average molecular weight is 370 g/mol. The molecule has 27 heavy (non-hydrogen) atoms. The summed E-state index contributed by atoms with van der Waals surface area (Å²) in [6.07, 6.45) is 1.01. The topological polar surface area (TPSA) is 80.4 Å². The smallest absolute Gasteiger partial charge is 0.268 e. The Labute approximate surface area is 159 Å². The van der Waals surface area contributed by atoms with Gasteiger partial charge in [-0.15, -0.1) is 0 Å². The van der Waals surface area contributed by atoms with E-state index in [-0.39, 0.29) is 17.8 Å². The van der Waals surface area contributed by atoms with E-state index in [1.54, 1.807) is 13.8 Å². The van der Waals surface area contributed by atoms with E-state index in [2.05, 4.69) is 10.3 Å². The fraction of sp³-hybridized carbons (Fsp3) is 0.429. The number of carbonyl (C=O) groups excluding carboxylic acids is 2. The number of aromatic nitrogens is 1. The zero-order valence-corrected chi connectivity index (χ0v) is 16.5. The maximum Gasteiger partial charge on any atom is 0.268 e. The summed E-state index contributed by atoms with van der Waals surface area (Å²) in [6.45, 7) is 9.91. The van der Waals surface area contributed by atoms with Crippen LogP contribution in [0.15, 0.2) is 12.1 Å². The Balaban J connectivity index is 1.81. The van der Waals surface area contributed by atoms with E-state index < -0.39 is 0 Å². The highest BCUT2D eigenvalue weighted by molar-refractivity contribution is 6.02. The van der Waals surface area contributed by atoms with Gasteiger partial charge in [-0.3, -0.25) is 9.59 Å². The largest absolute Gasteiger partial charge is 0.494 e. The number of ether oxygens (including phenoxy) is 2. The molecule has 6 heteroatoms. The molecular formula is C21H26N2O4. The van der Waals surface area contributed by atoms with Crippen molar-refractivity contribution in [3.63, 3.8) is 0 Å². The molecule has 2 aromatic rings. The van der Waals surface area contributed by atoms with Crippen molar-refractivity contribution in [3.8, 4) is 11.5 Å². The monoisotopic (exact) mass is 370 g/mol. The molecule has 1 aliphatic heterocycles. The number of amides is 1. The Bertz CT molecular complexity index is 898. The lowest BCUT2D eigenvalue weighted by Gasteiger charge is -2.13. The van der Waals surface area contributed by atoms with Crippen molar-refractivity contribution in [2.75, 3.05) is 6.61 Å². The van der Waals surface area contributed by atoms with Crippen molar-refractivity contribution in [3.05, 3.63) is 45.8 Å². The lowest BCUT2D eigenvalue weighted by atomic mass is 10.1. The SMILES string of the molecule is CCOc1cc2c(cc1CNC(=O)c1[nH]c(C)c(C(C)=O)c1C)O[C@@H](C)C2. The molecule has 1 aromatic carbocycles. The van der Waals surface area contributed by atoms with Gasteiger partial charge in [0.05, 0.1) is 6.61 Å². The maximum absolute atomic E-state index is 12.7. The lowest BCUT2D eigenvalue weighted by Crippen LogP contribution is -2.24. The number of hydrogen-bond donors (Lipinski definition) is 2. The summed E-state index contributed by atoms with van der Waals surface area (Å²) in [6, 6.07) is 3.94. The Morgan fingerprint density at radius 1 is 1.33 bits per heavy atom. The second-order valence-electron chi connectivity index (χ2n) is 7.00. The maximum atomic E-state index is 12.7. The quantitative estimate of drug-likeness (QED) is 0.763. The van der Waals surface area contributed by atoms with Gasteiger partial charge in [0, 0.05) is 35.3 Å². The number of nitrogens with one attached hydrogen (secondary N) is 2. The molecule has 0 bridgehead atoms. The van der Waals surface area contributed by atoms with Crippen molar-refractivity contribution >= 4 is 11.7 Å². The zero-order valence-electron chi connectivity index (χ0n) is 16.5. The summed E-state index contributed by atoms with van der Waals surface area (Å²) in [5.41, 5.74) is 4.37. The number of Topliss-reactive ketones (excluding diaryl/α,β-unsaturated/α-hetero) is 1. The summed E-state index contributed by atoms with van der Waals surface area (Å²) < 4.78 is 11.6. The molecule has 1 aliphatic rings. The minimum Gasteiger partial charge on any atom is -0.494 e. The van der Waals surface area contributed by atoms with Gasteiger partial charge in [-0.25, -0.2) is 0 Å². The van der Waals surface area contributed by atoms with Crippen molar-refractivity contribution in [2.24, 2.45) is 0 Å². The highest BCUT2D eigenvalue weighted by atomic mass is 16.5. The number of ketones is 1. The Kier molecular flexibility index (Phi) is 5.26. The van der Waals surface area contributed by atoms with E-state index in [9.17, 15) is 9.59 Å². The molecule has 0 aliphatic carbocycles. The highest BCUT2D eigenvalue weighted by Crippen LogP contribution is 2.35. The molecule has 1 aromatic heterocycles. The molecule has 6 nitrogen and oxygen atoms in total. The van der Waals surface area contributed by atoms with Crippen LogP contribution in [0.5, 0.6) is 11.5 Å². The third-order valence-electron chi connectivity index (χ3n) is 4.84. The number of H-pyrrole nitrogens is 1. The first kappa shape index (κ1) is 19.0. The van der Waals surface area contributed by atoms with Gasteiger partial charge in [0.25, 0.3) is 5.91 Å². The van der Waals surface area contributed by atoms with E-state index in [4.69, 9.17) is 9.47 Å². The number of hydrogen-bond acceptors (Lipinski definition) is 4. The van der Waals surface area contributed by atoms with Crippen LogP contribution in [0.1, 0.15) is 64.0 Å². The van der Waals surface area contributed by atoms with E-state index in [1.165, 1.54) is 6.92 Å². The summed E-state index contributed by atoms with van der Waals surface area (Å²) in [5.74, 6) is 1.31. The van der Waals surface area contributed by atoms with Crippen LogP contribution < -0.4 is 14.8 Å². The second kappa shape index (κ2) is 7.47. The lowest BCUT2D eigenvalue weighted by molar-refractivity contribution is 0.0945. The predicted molar refractivity (Wildman–Crippen MR) is 103 cm³/mol. The van der Waals surface area contributed by atoms with Crippen LogP contribution >= 0.6 is 0 Å². The Morgan fingerprint density at radius 2 is 2.07 bits per heavy atom. The van der Waals surface area contributed by atoms with E-state index >= 15 is 0 Å². The van der Waals surface area contributed by atoms with Crippen LogP contribution in [-0.4, -0.2) is 29.4 Å². The fourth-order valence-corrected chi connectivity index (χ4v) is 3.68. The molecular weight excluding hydrogens is 344 g/mol. The number of aryl methyl sites for hydroxylation is 1. The minimum absolute atomic E-state index is 0.0520. The molecule has 0 radical (unpaired) electrons. The number of benzene rings is 1. The Hall–Kier alpha value is -2.76. The number of rotatable bonds is 6. The predicted octanol–water partition coefficient (Wildman–Crippen LogP) is 3.49. The first-order valence-electron chi connectivity index (χ1n) is 9.25. The van der Waals surface area contributed by atoms with Crippen LogP contribution in [0.3, 0.4) is 0 Å². The van der Waals surface area contributed by atoms with Crippen LogP contribution in [0, 0.1) is 13.8 Å². The third kappa shape index (κ3) is 3.70. The summed E-state index contributed by atoms with van der Waals surface area (Å²) in [4.78, 5) is 27.5. The van der Waals surface area contributed by atoms with E-state index in [0.717, 1.165) is 29.0 Å². The van der Waals surface area contributed by atoms with Gasteiger partial charge in [-0.1, -0.05) is 0 Å². The van der Waals surface area contributed by atoms with Gasteiger partial charge in [0.1, 0.15) is 23.3 Å². The molecule has 0 unspecified atom stereocenters. The third-order valence-corrected chi connectivity index (χ3v) is 4.84. The molecule has 3 rings (SSSR count). The summed E-state index contributed by atoms with van der Waals surface area (Å²) in [7, 11) is 0. The van der Waals surface area contributed by atoms with Gasteiger partial charge in [-0.05, 0) is 52.3 Å². The second-order valence-corrected chi connectivity index (χ2v) is 7.00. The highest BCUT2D eigenvalue weighted by Gasteiger charge is 2.23. The van der Waals surface area contributed by atoms with Gasteiger partial charge < -0.3 is 19.8 Å². The Morgan fingerprint density at radius 3 is 2.70 bits per heavy atom. The molecule has 0 fully saturated rings. The van der Waals surface area contributed by atoms with Crippen molar-refractivity contribution in [2.45, 2.75) is 53.7 Å². The average Bonchev–Trinajstić information content (AvgIpc) is 3.10. The molecule has 1 atom stereocenters. The van der Waals surface area contributed by atoms with Crippen molar-refractivity contribution < 1.29 is 19.1 Å². The van der Waals surface area contributed by atoms with E-state index in [0.29, 0.717) is 35.7 Å². The van der Waals surface area contributed by atoms with Gasteiger partial charge in [0.2, 0.25) is 0 Å². The number of fused-ring (bicyclic) bond motifs is 1. The molecule has 144 valence electrons. The zero-order chi connectivity index (χ0) is 19.7. The van der Waals surface area contributed by atoms with E-state index in [1.807, 2.05) is 26.0 Å².